The standard InChI is InChI=1S/C19H15ClN6S2/c20-17-18(26-8-9-27-19(26)23-17)28-25-14-3-1-2-13(10-14)16-15(11-22-24-16)12-4-6-21-7-5-12/h1-11,16,22,24-25H. The van der Waals surface area contributed by atoms with Crippen LogP contribution in [-0.4, -0.2) is 14.4 Å². The highest BCUT2D eigenvalue weighted by Gasteiger charge is 2.22. The zero-order valence-electron chi connectivity index (χ0n) is 14.5. The van der Waals surface area contributed by atoms with Gasteiger partial charge in [-0.3, -0.25) is 9.38 Å². The van der Waals surface area contributed by atoms with E-state index in [-0.39, 0.29) is 6.04 Å². The lowest BCUT2D eigenvalue weighted by Crippen LogP contribution is -2.25. The largest absolute Gasteiger partial charge is 0.328 e. The molecule has 0 saturated heterocycles. The van der Waals surface area contributed by atoms with Gasteiger partial charge >= 0.3 is 0 Å². The van der Waals surface area contributed by atoms with E-state index in [4.69, 9.17) is 11.6 Å². The second kappa shape index (κ2) is 7.48. The van der Waals surface area contributed by atoms with E-state index in [2.05, 4.69) is 37.7 Å². The lowest BCUT2D eigenvalue weighted by atomic mass is 9.95. The summed E-state index contributed by atoms with van der Waals surface area (Å²) in [4.78, 5) is 9.35. The van der Waals surface area contributed by atoms with Gasteiger partial charge in [-0.25, -0.2) is 10.4 Å². The highest BCUT2D eigenvalue weighted by molar-refractivity contribution is 8.00. The van der Waals surface area contributed by atoms with Gasteiger partial charge in [0.2, 0.25) is 0 Å². The molecular weight excluding hydrogens is 412 g/mol. The molecule has 0 bridgehead atoms. The fourth-order valence-corrected chi connectivity index (χ4v) is 4.97. The van der Waals surface area contributed by atoms with Crippen molar-refractivity contribution < 1.29 is 0 Å². The summed E-state index contributed by atoms with van der Waals surface area (Å²) in [5.41, 5.74) is 10.9. The fraction of sp³-hybridized carbons (Fsp3) is 0.0526. The lowest BCUT2D eigenvalue weighted by molar-refractivity contribution is 0.616. The Morgan fingerprint density at radius 2 is 2.11 bits per heavy atom. The van der Waals surface area contributed by atoms with E-state index in [9.17, 15) is 0 Å². The molecule has 1 aliphatic rings. The molecule has 1 aromatic carbocycles. The molecule has 0 saturated carbocycles. The Kier molecular flexibility index (Phi) is 4.69. The van der Waals surface area contributed by atoms with Crippen LogP contribution in [-0.2, 0) is 0 Å². The summed E-state index contributed by atoms with van der Waals surface area (Å²) in [5.74, 6) is 0. The predicted molar refractivity (Wildman–Crippen MR) is 115 cm³/mol. The maximum absolute atomic E-state index is 6.28. The van der Waals surface area contributed by atoms with Crippen molar-refractivity contribution in [2.75, 3.05) is 4.72 Å². The summed E-state index contributed by atoms with van der Waals surface area (Å²) in [6, 6.07) is 12.4. The van der Waals surface area contributed by atoms with Gasteiger partial charge in [0.15, 0.2) is 10.1 Å². The lowest BCUT2D eigenvalue weighted by Gasteiger charge is -2.16. The topological polar surface area (TPSA) is 66.3 Å². The van der Waals surface area contributed by atoms with Crippen LogP contribution in [0.15, 0.2) is 71.6 Å². The van der Waals surface area contributed by atoms with Crippen LogP contribution in [0.5, 0.6) is 0 Å². The van der Waals surface area contributed by atoms with Crippen LogP contribution in [0.3, 0.4) is 0 Å². The molecule has 1 aliphatic heterocycles. The average molecular weight is 427 g/mol. The molecule has 5 rings (SSSR count). The second-order valence-corrected chi connectivity index (χ2v) is 8.18. The van der Waals surface area contributed by atoms with E-state index in [0.717, 1.165) is 26.8 Å². The van der Waals surface area contributed by atoms with Crippen molar-refractivity contribution in [3.63, 3.8) is 0 Å². The number of imidazole rings is 1. The summed E-state index contributed by atoms with van der Waals surface area (Å²) in [5, 5.41) is 3.38. The third-order valence-electron chi connectivity index (χ3n) is 4.44. The quantitative estimate of drug-likeness (QED) is 0.400. The van der Waals surface area contributed by atoms with Gasteiger partial charge in [0.25, 0.3) is 0 Å². The minimum Gasteiger partial charge on any atom is -0.328 e. The van der Waals surface area contributed by atoms with Gasteiger partial charge in [0, 0.05) is 47.8 Å². The molecule has 3 N–H and O–H groups in total. The summed E-state index contributed by atoms with van der Waals surface area (Å²) in [6.07, 6.45) is 7.58. The van der Waals surface area contributed by atoms with Gasteiger partial charge in [-0.15, -0.1) is 11.3 Å². The monoisotopic (exact) mass is 426 g/mol. The zero-order chi connectivity index (χ0) is 18.9. The first kappa shape index (κ1) is 17.6. The minimum absolute atomic E-state index is 0.0521. The van der Waals surface area contributed by atoms with Crippen molar-refractivity contribution in [2.45, 2.75) is 11.1 Å². The molecule has 6 nitrogen and oxygen atoms in total. The summed E-state index contributed by atoms with van der Waals surface area (Å²) >= 11 is 9.30. The van der Waals surface area contributed by atoms with Crippen LogP contribution in [0.1, 0.15) is 17.2 Å². The number of halogens is 1. The van der Waals surface area contributed by atoms with Crippen molar-refractivity contribution in [2.24, 2.45) is 0 Å². The van der Waals surface area contributed by atoms with Gasteiger partial charge < -0.3 is 10.1 Å². The Morgan fingerprint density at radius 3 is 3.00 bits per heavy atom. The maximum Gasteiger partial charge on any atom is 0.196 e. The molecule has 3 aromatic heterocycles. The number of benzene rings is 1. The van der Waals surface area contributed by atoms with Crippen molar-refractivity contribution in [1.29, 1.82) is 0 Å². The van der Waals surface area contributed by atoms with Crippen LogP contribution in [0.25, 0.3) is 10.5 Å². The molecule has 140 valence electrons. The smallest absolute Gasteiger partial charge is 0.196 e. The SMILES string of the molecule is Clc1nc2sccn2c1SNc1cccc(C2NNC=C2c2ccncc2)c1. The highest BCUT2D eigenvalue weighted by Crippen LogP contribution is 2.34. The first-order valence-electron chi connectivity index (χ1n) is 8.55. The van der Waals surface area contributed by atoms with Gasteiger partial charge in [0.05, 0.1) is 6.04 Å². The Balaban J connectivity index is 1.37. The third kappa shape index (κ3) is 3.24. The number of rotatable bonds is 5. The number of aromatic nitrogens is 3. The van der Waals surface area contributed by atoms with Crippen LogP contribution >= 0.6 is 34.9 Å². The number of nitrogens with zero attached hydrogens (tertiary/aromatic N) is 3. The predicted octanol–water partition coefficient (Wildman–Crippen LogP) is 4.75. The van der Waals surface area contributed by atoms with E-state index in [1.807, 2.05) is 46.4 Å². The van der Waals surface area contributed by atoms with Gasteiger partial charge in [-0.1, -0.05) is 23.7 Å². The molecule has 4 aromatic rings. The maximum atomic E-state index is 6.28. The molecule has 4 heterocycles. The van der Waals surface area contributed by atoms with Gasteiger partial charge in [-0.05, 0) is 41.0 Å². The molecule has 0 aliphatic carbocycles. The molecule has 0 spiro atoms. The number of hydrazine groups is 1. The molecule has 1 atom stereocenters. The second-order valence-electron chi connectivity index (χ2n) is 6.15. The van der Waals surface area contributed by atoms with Crippen LogP contribution < -0.4 is 15.6 Å². The van der Waals surface area contributed by atoms with E-state index < -0.39 is 0 Å². The van der Waals surface area contributed by atoms with Crippen molar-refractivity contribution in [3.05, 3.63) is 82.8 Å². The molecule has 0 amide bonds. The van der Waals surface area contributed by atoms with Crippen LogP contribution in [0.4, 0.5) is 5.69 Å². The first-order chi connectivity index (χ1) is 13.8. The molecular formula is C19H15ClN6S2. The van der Waals surface area contributed by atoms with E-state index in [1.54, 1.807) is 23.7 Å². The summed E-state index contributed by atoms with van der Waals surface area (Å²) in [6.45, 7) is 0. The Morgan fingerprint density at radius 1 is 1.21 bits per heavy atom. The number of hydrogen-bond acceptors (Lipinski definition) is 7. The normalized spacial score (nSPS) is 16.2. The van der Waals surface area contributed by atoms with Gasteiger partial charge in [0.1, 0.15) is 5.03 Å². The molecule has 1 unspecified atom stereocenters. The Hall–Kier alpha value is -2.52. The number of anilines is 1. The molecule has 0 radical (unpaired) electrons. The van der Waals surface area contributed by atoms with Crippen molar-refractivity contribution >= 4 is 51.1 Å². The minimum atomic E-state index is 0.0521. The number of nitrogens with one attached hydrogen (secondary N) is 3. The molecule has 9 heteroatoms. The Labute approximate surface area is 174 Å². The van der Waals surface area contributed by atoms with Crippen molar-refractivity contribution in [3.8, 4) is 0 Å². The number of thiazole rings is 1. The number of fused-ring (bicyclic) bond motifs is 1. The fourth-order valence-electron chi connectivity index (χ4n) is 3.14. The van der Waals surface area contributed by atoms with E-state index in [1.165, 1.54) is 17.5 Å². The molecule has 0 fully saturated rings. The number of hydrogen-bond donors (Lipinski definition) is 3. The number of pyridine rings is 1. The van der Waals surface area contributed by atoms with Crippen LogP contribution in [0.2, 0.25) is 5.15 Å². The first-order valence-corrected chi connectivity index (χ1v) is 10.6. The van der Waals surface area contributed by atoms with Gasteiger partial charge in [-0.2, -0.15) is 0 Å². The van der Waals surface area contributed by atoms with Crippen molar-refractivity contribution in [1.82, 2.24) is 25.2 Å². The van der Waals surface area contributed by atoms with E-state index >= 15 is 0 Å². The van der Waals surface area contributed by atoms with E-state index in [0.29, 0.717) is 5.15 Å². The van der Waals surface area contributed by atoms with Crippen LogP contribution in [0, 0.1) is 0 Å². The third-order valence-corrected chi connectivity index (χ3v) is 6.50. The zero-order valence-corrected chi connectivity index (χ0v) is 16.9. The average Bonchev–Trinajstić information content (AvgIpc) is 3.44. The summed E-state index contributed by atoms with van der Waals surface area (Å²) in [7, 11) is 0. The summed E-state index contributed by atoms with van der Waals surface area (Å²) < 4.78 is 5.37. The molecule has 28 heavy (non-hydrogen) atoms. The Bertz CT molecular complexity index is 1150. The highest BCUT2D eigenvalue weighted by atomic mass is 35.5.